The second-order valence-electron chi connectivity index (χ2n) is 5.67. The summed E-state index contributed by atoms with van der Waals surface area (Å²) in [6.45, 7) is 3.92. The lowest BCUT2D eigenvalue weighted by molar-refractivity contribution is -0.115. The summed E-state index contributed by atoms with van der Waals surface area (Å²) in [6.07, 6.45) is 5.06. The minimum atomic E-state index is -0.301. The predicted octanol–water partition coefficient (Wildman–Crippen LogP) is 2.45. The molecule has 0 saturated heterocycles. The molecule has 0 aliphatic carbocycles. The monoisotopic (exact) mass is 353 g/mol. The molecule has 8 heteroatoms. The van der Waals surface area contributed by atoms with Gasteiger partial charge in [0.15, 0.2) is 0 Å². The molecule has 0 spiro atoms. The molecule has 3 heterocycles. The van der Waals surface area contributed by atoms with E-state index in [1.165, 1.54) is 6.33 Å². The zero-order valence-electron chi connectivity index (χ0n) is 14.5. The van der Waals surface area contributed by atoms with Crippen molar-refractivity contribution in [1.82, 2.24) is 19.9 Å². The van der Waals surface area contributed by atoms with Crippen molar-refractivity contribution < 1.29 is 14.0 Å². The van der Waals surface area contributed by atoms with Crippen LogP contribution in [-0.4, -0.2) is 26.3 Å². The molecule has 2 N–H and O–H groups in total. The van der Waals surface area contributed by atoms with Gasteiger partial charge in [-0.05, 0) is 31.2 Å². The van der Waals surface area contributed by atoms with Crippen LogP contribution in [0.4, 0.5) is 5.69 Å². The highest BCUT2D eigenvalue weighted by Crippen LogP contribution is 2.11. The minimum Gasteiger partial charge on any atom is -0.465 e. The van der Waals surface area contributed by atoms with Crippen molar-refractivity contribution >= 4 is 17.5 Å². The highest BCUT2D eigenvalue weighted by atomic mass is 16.3. The maximum Gasteiger partial charge on any atom is 0.271 e. The van der Waals surface area contributed by atoms with Crippen LogP contribution in [0.15, 0.2) is 47.4 Å². The topological polar surface area (TPSA) is 102 Å². The number of hydrogen-bond donors (Lipinski definition) is 2. The lowest BCUT2D eigenvalue weighted by Gasteiger charge is -2.05. The van der Waals surface area contributed by atoms with E-state index in [-0.39, 0.29) is 17.5 Å². The van der Waals surface area contributed by atoms with Crippen LogP contribution in [0.1, 0.15) is 35.4 Å². The van der Waals surface area contributed by atoms with E-state index in [1.807, 2.05) is 19.1 Å². The SMILES string of the molecule is CCC(=O)Nc1ccc(-n2cnc(C(=O)NCc3ccc(C)o3)c2)nc1. The Bertz CT molecular complexity index is 911. The van der Waals surface area contributed by atoms with Crippen molar-refractivity contribution in [3.05, 3.63) is 60.2 Å². The quantitative estimate of drug-likeness (QED) is 0.709. The van der Waals surface area contributed by atoms with Crippen LogP contribution in [0.5, 0.6) is 0 Å². The van der Waals surface area contributed by atoms with Gasteiger partial charge in [-0.3, -0.25) is 14.2 Å². The second kappa shape index (κ2) is 7.64. The van der Waals surface area contributed by atoms with Gasteiger partial charge in [-0.2, -0.15) is 0 Å². The maximum atomic E-state index is 12.2. The summed E-state index contributed by atoms with van der Waals surface area (Å²) in [5, 5.41) is 5.48. The number of furan rings is 1. The van der Waals surface area contributed by atoms with Gasteiger partial charge >= 0.3 is 0 Å². The first kappa shape index (κ1) is 17.4. The molecule has 134 valence electrons. The van der Waals surface area contributed by atoms with Gasteiger partial charge in [0.05, 0.1) is 18.4 Å². The Balaban J connectivity index is 1.63. The van der Waals surface area contributed by atoms with Gasteiger partial charge in [-0.15, -0.1) is 0 Å². The molecule has 26 heavy (non-hydrogen) atoms. The lowest BCUT2D eigenvalue weighted by Crippen LogP contribution is -2.22. The Morgan fingerprint density at radius 1 is 1.19 bits per heavy atom. The highest BCUT2D eigenvalue weighted by molar-refractivity contribution is 5.92. The first-order chi connectivity index (χ1) is 12.5. The van der Waals surface area contributed by atoms with Crippen LogP contribution in [0.2, 0.25) is 0 Å². The van der Waals surface area contributed by atoms with Crippen LogP contribution in [-0.2, 0) is 11.3 Å². The molecular formula is C18H19N5O3. The molecule has 0 bridgehead atoms. The molecule has 3 aromatic heterocycles. The molecule has 3 rings (SSSR count). The first-order valence-corrected chi connectivity index (χ1v) is 8.19. The van der Waals surface area contributed by atoms with E-state index in [9.17, 15) is 9.59 Å². The van der Waals surface area contributed by atoms with E-state index in [4.69, 9.17) is 4.42 Å². The summed E-state index contributed by atoms with van der Waals surface area (Å²) in [6, 6.07) is 7.14. The Morgan fingerprint density at radius 2 is 2.04 bits per heavy atom. The third-order valence-corrected chi connectivity index (χ3v) is 3.65. The molecule has 0 fully saturated rings. The third-order valence-electron chi connectivity index (χ3n) is 3.65. The first-order valence-electron chi connectivity index (χ1n) is 8.19. The molecule has 8 nitrogen and oxygen atoms in total. The number of hydrogen-bond acceptors (Lipinski definition) is 5. The van der Waals surface area contributed by atoms with Crippen molar-refractivity contribution in [2.75, 3.05) is 5.32 Å². The summed E-state index contributed by atoms with van der Waals surface area (Å²) in [7, 11) is 0. The van der Waals surface area contributed by atoms with Crippen molar-refractivity contribution in [2.24, 2.45) is 0 Å². The number of carbonyl (C=O) groups excluding carboxylic acids is 2. The minimum absolute atomic E-state index is 0.0760. The fraction of sp³-hybridized carbons (Fsp3) is 0.222. The normalized spacial score (nSPS) is 10.5. The number of anilines is 1. The average molecular weight is 353 g/mol. The Hall–Kier alpha value is -3.42. The van der Waals surface area contributed by atoms with E-state index in [0.29, 0.717) is 30.2 Å². The standard InChI is InChI=1S/C18H19N5O3/c1-3-17(24)22-13-5-7-16(19-8-13)23-10-15(21-11-23)18(25)20-9-14-6-4-12(2)26-14/h4-8,10-11H,3,9H2,1-2H3,(H,20,25)(H,22,24). The lowest BCUT2D eigenvalue weighted by atomic mass is 10.3. The van der Waals surface area contributed by atoms with Crippen LogP contribution in [0.25, 0.3) is 5.82 Å². The third kappa shape index (κ3) is 4.15. The highest BCUT2D eigenvalue weighted by Gasteiger charge is 2.11. The van der Waals surface area contributed by atoms with Crippen LogP contribution in [0.3, 0.4) is 0 Å². The van der Waals surface area contributed by atoms with Crippen molar-refractivity contribution in [2.45, 2.75) is 26.8 Å². The Morgan fingerprint density at radius 3 is 2.69 bits per heavy atom. The number of amides is 2. The van der Waals surface area contributed by atoms with E-state index < -0.39 is 0 Å². The van der Waals surface area contributed by atoms with Crippen molar-refractivity contribution in [3.8, 4) is 5.82 Å². The fourth-order valence-corrected chi connectivity index (χ4v) is 2.27. The van der Waals surface area contributed by atoms with Crippen LogP contribution in [0, 0.1) is 6.92 Å². The number of nitrogens with zero attached hydrogens (tertiary/aromatic N) is 3. The molecule has 0 saturated carbocycles. The number of carbonyl (C=O) groups is 2. The van der Waals surface area contributed by atoms with Gasteiger partial charge in [-0.25, -0.2) is 9.97 Å². The Labute approximate surface area is 150 Å². The Kier molecular flexibility index (Phi) is 5.12. The number of nitrogens with one attached hydrogen (secondary N) is 2. The molecule has 0 aromatic carbocycles. The fourth-order valence-electron chi connectivity index (χ4n) is 2.27. The summed E-state index contributed by atoms with van der Waals surface area (Å²) in [5.41, 5.74) is 0.894. The molecule has 0 radical (unpaired) electrons. The number of aryl methyl sites for hydroxylation is 1. The van der Waals surface area contributed by atoms with E-state index in [2.05, 4.69) is 20.6 Å². The molecule has 0 unspecified atom stereocenters. The summed E-state index contributed by atoms with van der Waals surface area (Å²) in [5.74, 6) is 1.69. The van der Waals surface area contributed by atoms with Gasteiger partial charge in [0.25, 0.3) is 5.91 Å². The van der Waals surface area contributed by atoms with Crippen LogP contribution >= 0.6 is 0 Å². The summed E-state index contributed by atoms with van der Waals surface area (Å²) in [4.78, 5) is 31.9. The molecular weight excluding hydrogens is 334 g/mol. The summed E-state index contributed by atoms with van der Waals surface area (Å²) < 4.78 is 7.05. The van der Waals surface area contributed by atoms with Gasteiger partial charge in [0.2, 0.25) is 5.91 Å². The van der Waals surface area contributed by atoms with Crippen LogP contribution < -0.4 is 10.6 Å². The number of pyridine rings is 1. The number of rotatable bonds is 6. The molecule has 0 aliphatic rings. The molecule has 0 aliphatic heterocycles. The van der Waals surface area contributed by atoms with Gasteiger partial charge in [-0.1, -0.05) is 6.92 Å². The molecule has 0 atom stereocenters. The van der Waals surface area contributed by atoms with E-state index in [0.717, 1.165) is 5.76 Å². The summed E-state index contributed by atoms with van der Waals surface area (Å²) >= 11 is 0. The van der Waals surface area contributed by atoms with Gasteiger partial charge in [0, 0.05) is 12.6 Å². The van der Waals surface area contributed by atoms with Gasteiger partial charge in [0.1, 0.15) is 29.4 Å². The molecule has 2 amide bonds. The van der Waals surface area contributed by atoms with Crippen molar-refractivity contribution in [1.29, 1.82) is 0 Å². The largest absolute Gasteiger partial charge is 0.465 e. The van der Waals surface area contributed by atoms with E-state index in [1.54, 1.807) is 36.0 Å². The van der Waals surface area contributed by atoms with Gasteiger partial charge < -0.3 is 15.1 Å². The average Bonchev–Trinajstić information content (AvgIpc) is 3.29. The van der Waals surface area contributed by atoms with Crippen molar-refractivity contribution in [3.63, 3.8) is 0 Å². The smallest absolute Gasteiger partial charge is 0.271 e. The second-order valence-corrected chi connectivity index (χ2v) is 5.67. The predicted molar refractivity (Wildman–Crippen MR) is 94.9 cm³/mol. The maximum absolute atomic E-state index is 12.2. The molecule has 3 aromatic rings. The number of imidazole rings is 1. The zero-order chi connectivity index (χ0) is 18.5. The zero-order valence-corrected chi connectivity index (χ0v) is 14.5. The van der Waals surface area contributed by atoms with E-state index >= 15 is 0 Å². The number of aromatic nitrogens is 3.